The zero-order valence-corrected chi connectivity index (χ0v) is 23.8. The summed E-state index contributed by atoms with van der Waals surface area (Å²) in [6, 6.07) is 19.6. The fourth-order valence-corrected chi connectivity index (χ4v) is 5.90. The second-order valence-electron chi connectivity index (χ2n) is 10.9. The molecule has 0 atom stereocenters. The van der Waals surface area contributed by atoms with Crippen molar-refractivity contribution in [2.75, 3.05) is 24.5 Å². The molecule has 0 spiro atoms. The van der Waals surface area contributed by atoms with E-state index in [1.807, 2.05) is 0 Å². The van der Waals surface area contributed by atoms with Crippen LogP contribution in [0.5, 0.6) is 11.6 Å². The first-order chi connectivity index (χ1) is 20.4. The first-order valence-electron chi connectivity index (χ1n) is 14.2. The number of ether oxygens (including phenoxy) is 1. The summed E-state index contributed by atoms with van der Waals surface area (Å²) in [7, 11) is 0. The smallest absolute Gasteiger partial charge is 0.282 e. The number of amides is 1. The molecule has 1 aromatic heterocycles. The van der Waals surface area contributed by atoms with Crippen molar-refractivity contribution in [3.05, 3.63) is 100.0 Å². The first-order valence-corrected chi connectivity index (χ1v) is 14.6. The van der Waals surface area contributed by atoms with Crippen molar-refractivity contribution >= 4 is 29.0 Å². The third-order valence-corrected chi connectivity index (χ3v) is 8.41. The lowest BCUT2D eigenvalue weighted by Crippen LogP contribution is -2.35. The molecule has 216 valence electrons. The van der Waals surface area contributed by atoms with Crippen LogP contribution in [-0.4, -0.2) is 51.6 Å². The maximum Gasteiger partial charge on any atom is 0.282 e. The Labute approximate surface area is 248 Å². The maximum atomic E-state index is 14.0. The van der Waals surface area contributed by atoms with Crippen LogP contribution in [0.25, 0.3) is 0 Å². The number of aromatic amines is 1. The van der Waals surface area contributed by atoms with E-state index >= 15 is 0 Å². The fraction of sp³-hybridized carbons (Fsp3) is 0.312. The minimum Gasteiger partial charge on any atom is -0.434 e. The monoisotopic (exact) mass is 587 g/mol. The number of likely N-dealkylation sites (tertiary alicyclic amines) is 1. The molecule has 0 bridgehead atoms. The van der Waals surface area contributed by atoms with Crippen molar-refractivity contribution < 1.29 is 18.7 Å². The van der Waals surface area contributed by atoms with Crippen molar-refractivity contribution in [1.29, 1.82) is 0 Å². The lowest BCUT2D eigenvalue weighted by atomic mass is 9.90. The number of piperidine rings is 1. The van der Waals surface area contributed by atoms with Crippen LogP contribution in [0.2, 0.25) is 5.02 Å². The van der Waals surface area contributed by atoms with Gasteiger partial charge in [0, 0.05) is 17.0 Å². The zero-order valence-electron chi connectivity index (χ0n) is 23.1. The molecule has 8 nitrogen and oxygen atoms in total. The Morgan fingerprint density at radius 3 is 2.69 bits per heavy atom. The molecule has 0 saturated carbocycles. The molecule has 2 aliphatic rings. The quantitative estimate of drug-likeness (QED) is 0.226. The molecule has 3 aromatic carbocycles. The Kier molecular flexibility index (Phi) is 8.30. The number of fused-ring (bicyclic) bond motifs is 2. The first kappa shape index (κ1) is 28.1. The lowest BCUT2D eigenvalue weighted by Gasteiger charge is -2.32. The average Bonchev–Trinajstić information content (AvgIpc) is 3.43. The number of nitrogens with zero attached hydrogens (tertiary/aromatic N) is 4. The largest absolute Gasteiger partial charge is 0.434 e. The highest BCUT2D eigenvalue weighted by molar-refractivity contribution is 6.31. The van der Waals surface area contributed by atoms with Gasteiger partial charge in [0.05, 0.1) is 12.2 Å². The number of H-pyrrole nitrogens is 1. The van der Waals surface area contributed by atoms with Crippen LogP contribution in [0.3, 0.4) is 0 Å². The van der Waals surface area contributed by atoms with Crippen LogP contribution in [0.4, 0.5) is 10.1 Å². The number of ketones is 1. The predicted octanol–water partition coefficient (Wildman–Crippen LogP) is 6.47. The second-order valence-corrected chi connectivity index (χ2v) is 11.3. The Morgan fingerprint density at radius 2 is 1.88 bits per heavy atom. The summed E-state index contributed by atoms with van der Waals surface area (Å²) < 4.78 is 19.9. The number of anilines is 1. The van der Waals surface area contributed by atoms with Crippen LogP contribution in [-0.2, 0) is 13.0 Å². The van der Waals surface area contributed by atoms with E-state index in [-0.39, 0.29) is 23.9 Å². The zero-order chi connectivity index (χ0) is 29.1. The molecule has 1 saturated heterocycles. The van der Waals surface area contributed by atoms with Crippen molar-refractivity contribution in [2.45, 2.75) is 38.6 Å². The molecular formula is C32H31ClFN5O3. The van der Waals surface area contributed by atoms with Crippen LogP contribution < -0.4 is 9.64 Å². The maximum absolute atomic E-state index is 14.0. The van der Waals surface area contributed by atoms with Gasteiger partial charge in [0.1, 0.15) is 5.82 Å². The number of rotatable bonds is 9. The molecular weight excluding hydrogens is 557 g/mol. The highest BCUT2D eigenvalue weighted by Gasteiger charge is 2.32. The van der Waals surface area contributed by atoms with E-state index in [0.717, 1.165) is 32.5 Å². The van der Waals surface area contributed by atoms with Gasteiger partial charge in [-0.25, -0.2) is 9.49 Å². The summed E-state index contributed by atoms with van der Waals surface area (Å²) >= 11 is 6.33. The van der Waals surface area contributed by atoms with Crippen LogP contribution in [0.1, 0.15) is 57.7 Å². The van der Waals surface area contributed by atoms with E-state index in [1.165, 1.54) is 41.5 Å². The number of hydrogen-bond donors (Lipinski definition) is 1. The van der Waals surface area contributed by atoms with Gasteiger partial charge in [0.15, 0.2) is 17.2 Å². The number of aromatic nitrogens is 3. The third-order valence-electron chi connectivity index (χ3n) is 8.04. The molecule has 1 N–H and O–H groups in total. The van der Waals surface area contributed by atoms with E-state index in [0.29, 0.717) is 39.9 Å². The van der Waals surface area contributed by atoms with Crippen molar-refractivity contribution in [1.82, 2.24) is 20.3 Å². The van der Waals surface area contributed by atoms with Crippen LogP contribution in [0.15, 0.2) is 66.7 Å². The predicted molar refractivity (Wildman–Crippen MR) is 158 cm³/mol. The van der Waals surface area contributed by atoms with Gasteiger partial charge >= 0.3 is 0 Å². The summed E-state index contributed by atoms with van der Waals surface area (Å²) in [6.07, 6.45) is 4.59. The average molecular weight is 588 g/mol. The highest BCUT2D eigenvalue weighted by Crippen LogP contribution is 2.39. The number of carbonyl (C=O) groups is 2. The van der Waals surface area contributed by atoms with Crippen LogP contribution >= 0.6 is 11.6 Å². The molecule has 0 aliphatic carbocycles. The van der Waals surface area contributed by atoms with E-state index in [1.54, 1.807) is 18.2 Å². The number of halogens is 2. The van der Waals surface area contributed by atoms with E-state index in [2.05, 4.69) is 50.6 Å². The van der Waals surface area contributed by atoms with Gasteiger partial charge in [0.25, 0.3) is 11.8 Å². The molecule has 42 heavy (non-hydrogen) atoms. The molecule has 0 radical (unpaired) electrons. The highest BCUT2D eigenvalue weighted by atomic mass is 35.5. The molecule has 10 heteroatoms. The SMILES string of the molecule is O=C(CCCN1CCC(Cc2ccccc2)CC1)c1ccc2c(c1)N(Cc1cc(F)ccc1Cl)C(=O)c1[nH]nnc1O2. The van der Waals surface area contributed by atoms with Gasteiger partial charge in [0.2, 0.25) is 0 Å². The lowest BCUT2D eigenvalue weighted by molar-refractivity contribution is 0.0963. The molecule has 1 fully saturated rings. The summed E-state index contributed by atoms with van der Waals surface area (Å²) in [5.74, 6) is 0.0953. The Bertz CT molecular complexity index is 1590. The Balaban J connectivity index is 1.11. The minimum absolute atomic E-state index is 0.0180. The number of hydrogen-bond acceptors (Lipinski definition) is 6. The Morgan fingerprint density at radius 1 is 1.07 bits per heavy atom. The van der Waals surface area contributed by atoms with E-state index in [9.17, 15) is 14.0 Å². The van der Waals surface area contributed by atoms with Crippen molar-refractivity contribution in [3.8, 4) is 11.6 Å². The minimum atomic E-state index is -0.477. The number of nitrogens with one attached hydrogen (secondary N) is 1. The summed E-state index contributed by atoms with van der Waals surface area (Å²) in [5.41, 5.74) is 2.71. The van der Waals surface area contributed by atoms with Crippen LogP contribution in [0, 0.1) is 11.7 Å². The van der Waals surface area contributed by atoms with Gasteiger partial charge in [-0.05, 0) is 98.8 Å². The van der Waals surface area contributed by atoms with Crippen molar-refractivity contribution in [3.63, 3.8) is 0 Å². The fourth-order valence-electron chi connectivity index (χ4n) is 5.73. The van der Waals surface area contributed by atoms with Gasteiger partial charge in [-0.3, -0.25) is 14.5 Å². The summed E-state index contributed by atoms with van der Waals surface area (Å²) in [4.78, 5) is 30.6. The van der Waals surface area contributed by atoms with Gasteiger partial charge in [-0.15, -0.1) is 0 Å². The standard InChI is InChI=1S/C32H31ClFN5O3/c33-26-10-9-25(34)18-24(26)20-39-27-19-23(8-11-29(27)42-31-30(32(39)41)35-37-36-31)28(40)7-4-14-38-15-12-22(13-16-38)17-21-5-2-1-3-6-21/h1-3,5-6,8-11,18-19,22H,4,7,12-17,20H2,(H,35,36,37). The molecule has 2 aliphatic heterocycles. The summed E-state index contributed by atoms with van der Waals surface area (Å²) in [5, 5.41) is 10.5. The van der Waals surface area contributed by atoms with E-state index in [4.69, 9.17) is 16.3 Å². The second kappa shape index (κ2) is 12.4. The van der Waals surface area contributed by atoms with Gasteiger partial charge in [-0.1, -0.05) is 52.2 Å². The molecule has 0 unspecified atom stereocenters. The third kappa shape index (κ3) is 6.22. The topological polar surface area (TPSA) is 91.4 Å². The Hall–Kier alpha value is -4.08. The summed E-state index contributed by atoms with van der Waals surface area (Å²) in [6.45, 7) is 2.92. The molecule has 6 rings (SSSR count). The molecule has 4 aromatic rings. The number of benzene rings is 3. The molecule has 3 heterocycles. The van der Waals surface area contributed by atoms with Crippen molar-refractivity contribution in [2.24, 2.45) is 5.92 Å². The molecule has 1 amide bonds. The van der Waals surface area contributed by atoms with Gasteiger partial charge < -0.3 is 9.64 Å². The number of Topliss-reactive ketones (excluding diaryl/α,β-unsaturated/α-hetero) is 1. The van der Waals surface area contributed by atoms with E-state index < -0.39 is 11.7 Å². The van der Waals surface area contributed by atoms with Gasteiger partial charge in [-0.2, -0.15) is 0 Å². The number of carbonyl (C=O) groups excluding carboxylic acids is 2. The normalized spacial score (nSPS) is 15.6.